The van der Waals surface area contributed by atoms with E-state index >= 15 is 0 Å². The van der Waals surface area contributed by atoms with Crippen LogP contribution in [-0.4, -0.2) is 16.7 Å². The van der Waals surface area contributed by atoms with Gasteiger partial charge in [0.05, 0.1) is 4.92 Å². The van der Waals surface area contributed by atoms with Crippen molar-refractivity contribution >= 4 is 46.2 Å². The zero-order valence-corrected chi connectivity index (χ0v) is 17.3. The first kappa shape index (κ1) is 21.8. The fourth-order valence-electron chi connectivity index (χ4n) is 2.89. The van der Waals surface area contributed by atoms with Gasteiger partial charge in [-0.25, -0.2) is 0 Å². The van der Waals surface area contributed by atoms with Crippen LogP contribution in [0.1, 0.15) is 22.8 Å². The zero-order valence-electron chi connectivity index (χ0n) is 16.5. The van der Waals surface area contributed by atoms with Gasteiger partial charge >= 0.3 is 0 Å². The van der Waals surface area contributed by atoms with Gasteiger partial charge in [-0.3, -0.25) is 19.7 Å². The monoisotopic (exact) mass is 438 g/mol. The second kappa shape index (κ2) is 9.73. The number of hydrogen-bond donors (Lipinski definition) is 3. The van der Waals surface area contributed by atoms with Crippen molar-refractivity contribution in [3.63, 3.8) is 0 Å². The smallest absolute Gasteiger partial charge is 0.293 e. The molecule has 0 saturated carbocycles. The van der Waals surface area contributed by atoms with Crippen molar-refractivity contribution in [1.29, 1.82) is 0 Å². The van der Waals surface area contributed by atoms with E-state index in [1.807, 2.05) is 12.1 Å². The maximum atomic E-state index is 12.6. The molecule has 0 atom stereocenters. The Morgan fingerprint density at radius 3 is 2.35 bits per heavy atom. The van der Waals surface area contributed by atoms with Gasteiger partial charge in [0.15, 0.2) is 0 Å². The molecule has 0 fully saturated rings. The molecule has 31 heavy (non-hydrogen) atoms. The van der Waals surface area contributed by atoms with E-state index in [1.165, 1.54) is 25.1 Å². The minimum absolute atomic E-state index is 0.125. The largest absolute Gasteiger partial charge is 0.375 e. The maximum absolute atomic E-state index is 12.6. The first-order valence-corrected chi connectivity index (χ1v) is 9.66. The van der Waals surface area contributed by atoms with E-state index in [0.29, 0.717) is 22.9 Å². The second-order valence-corrected chi connectivity index (χ2v) is 7.06. The molecule has 3 aromatic rings. The van der Waals surface area contributed by atoms with Gasteiger partial charge in [-0.05, 0) is 42.0 Å². The number of nitro benzene ring substituents is 1. The Morgan fingerprint density at radius 1 is 0.968 bits per heavy atom. The van der Waals surface area contributed by atoms with Gasteiger partial charge in [-0.1, -0.05) is 35.9 Å². The Labute approximate surface area is 183 Å². The molecule has 2 amide bonds. The number of hydrogen-bond acceptors (Lipinski definition) is 5. The Morgan fingerprint density at radius 2 is 1.68 bits per heavy atom. The number of halogens is 1. The number of nitro groups is 1. The van der Waals surface area contributed by atoms with E-state index in [4.69, 9.17) is 11.6 Å². The normalized spacial score (nSPS) is 10.3. The number of benzene rings is 3. The van der Waals surface area contributed by atoms with Crippen molar-refractivity contribution in [3.05, 3.63) is 93.0 Å². The standard InChI is InChI=1S/C22H19ClN4O4/c1-14(28)25-17-6-4-7-18(12-17)26-22(29)15-9-10-20(21(11-15)27(30)31)24-13-16-5-2-3-8-19(16)23/h2-12,24H,13H2,1H3,(H,25,28)(H,26,29). The molecule has 3 rings (SSSR count). The molecule has 0 radical (unpaired) electrons. The Kier molecular flexibility index (Phi) is 6.84. The van der Waals surface area contributed by atoms with Crippen LogP contribution in [0.3, 0.4) is 0 Å². The van der Waals surface area contributed by atoms with Crippen LogP contribution in [0.5, 0.6) is 0 Å². The third-order valence-electron chi connectivity index (χ3n) is 4.32. The van der Waals surface area contributed by atoms with E-state index in [9.17, 15) is 19.7 Å². The first-order chi connectivity index (χ1) is 14.8. The van der Waals surface area contributed by atoms with Crippen LogP contribution < -0.4 is 16.0 Å². The summed E-state index contributed by atoms with van der Waals surface area (Å²) in [5, 5.41) is 20.4. The van der Waals surface area contributed by atoms with Gasteiger partial charge < -0.3 is 16.0 Å². The summed E-state index contributed by atoms with van der Waals surface area (Å²) >= 11 is 6.13. The van der Waals surface area contributed by atoms with Crippen molar-refractivity contribution in [2.24, 2.45) is 0 Å². The van der Waals surface area contributed by atoms with Crippen LogP contribution in [0.15, 0.2) is 66.7 Å². The highest BCUT2D eigenvalue weighted by molar-refractivity contribution is 6.31. The molecule has 0 saturated heterocycles. The van der Waals surface area contributed by atoms with Crippen molar-refractivity contribution in [3.8, 4) is 0 Å². The molecule has 3 N–H and O–H groups in total. The minimum Gasteiger partial charge on any atom is -0.375 e. The second-order valence-electron chi connectivity index (χ2n) is 6.65. The number of anilines is 3. The summed E-state index contributed by atoms with van der Waals surface area (Å²) in [4.78, 5) is 34.8. The number of rotatable bonds is 7. The SMILES string of the molecule is CC(=O)Nc1cccc(NC(=O)c2ccc(NCc3ccccc3Cl)c([N+](=O)[O-])c2)c1. The van der Waals surface area contributed by atoms with Crippen LogP contribution in [0.25, 0.3) is 0 Å². The topological polar surface area (TPSA) is 113 Å². The molecule has 3 aromatic carbocycles. The number of nitrogens with one attached hydrogen (secondary N) is 3. The summed E-state index contributed by atoms with van der Waals surface area (Å²) in [6.45, 7) is 1.67. The number of nitrogens with zero attached hydrogens (tertiary/aromatic N) is 1. The Hall–Kier alpha value is -3.91. The van der Waals surface area contributed by atoms with Gasteiger partial charge in [-0.15, -0.1) is 0 Å². The molecule has 0 heterocycles. The van der Waals surface area contributed by atoms with Crippen molar-refractivity contribution in [2.45, 2.75) is 13.5 Å². The Bertz CT molecular complexity index is 1150. The van der Waals surface area contributed by atoms with E-state index in [2.05, 4.69) is 16.0 Å². The van der Waals surface area contributed by atoms with Crippen molar-refractivity contribution in [1.82, 2.24) is 0 Å². The Balaban J connectivity index is 1.77. The first-order valence-electron chi connectivity index (χ1n) is 9.28. The van der Waals surface area contributed by atoms with Gasteiger partial charge in [0.2, 0.25) is 5.91 Å². The van der Waals surface area contributed by atoms with Crippen LogP contribution in [0.2, 0.25) is 5.02 Å². The molecule has 0 aliphatic heterocycles. The summed E-state index contributed by atoms with van der Waals surface area (Å²) in [5.41, 5.74) is 1.93. The quantitative estimate of drug-likeness (QED) is 0.352. The molecule has 0 spiro atoms. The zero-order chi connectivity index (χ0) is 22.4. The van der Waals surface area contributed by atoms with E-state index in [-0.39, 0.29) is 22.8 Å². The average molecular weight is 439 g/mol. The third kappa shape index (κ3) is 5.80. The fourth-order valence-corrected chi connectivity index (χ4v) is 3.09. The van der Waals surface area contributed by atoms with Gasteiger partial charge in [0.1, 0.15) is 5.69 Å². The lowest BCUT2D eigenvalue weighted by atomic mass is 10.1. The highest BCUT2D eigenvalue weighted by Crippen LogP contribution is 2.27. The van der Waals surface area contributed by atoms with Crippen LogP contribution in [0, 0.1) is 10.1 Å². The third-order valence-corrected chi connectivity index (χ3v) is 4.69. The summed E-state index contributed by atoms with van der Waals surface area (Å²) in [5.74, 6) is -0.750. The predicted molar refractivity (Wildman–Crippen MR) is 121 cm³/mol. The molecule has 158 valence electrons. The van der Waals surface area contributed by atoms with Crippen molar-refractivity contribution < 1.29 is 14.5 Å². The van der Waals surface area contributed by atoms with E-state index < -0.39 is 10.8 Å². The highest BCUT2D eigenvalue weighted by Gasteiger charge is 2.18. The number of carbonyl (C=O) groups is 2. The molecule has 0 aromatic heterocycles. The van der Waals surface area contributed by atoms with E-state index in [0.717, 1.165) is 5.56 Å². The van der Waals surface area contributed by atoms with E-state index in [1.54, 1.807) is 36.4 Å². The van der Waals surface area contributed by atoms with Crippen molar-refractivity contribution in [2.75, 3.05) is 16.0 Å². The van der Waals surface area contributed by atoms with Crippen LogP contribution in [-0.2, 0) is 11.3 Å². The molecule has 0 bridgehead atoms. The average Bonchev–Trinajstić information content (AvgIpc) is 2.72. The summed E-state index contributed by atoms with van der Waals surface area (Å²) < 4.78 is 0. The lowest BCUT2D eigenvalue weighted by Crippen LogP contribution is -2.13. The molecule has 9 heteroatoms. The van der Waals surface area contributed by atoms with Gasteiger partial charge in [-0.2, -0.15) is 0 Å². The molecular formula is C22H19ClN4O4. The summed E-state index contributed by atoms with van der Waals surface area (Å²) in [6.07, 6.45) is 0. The predicted octanol–water partition coefficient (Wildman–Crippen LogP) is 5.07. The summed E-state index contributed by atoms with van der Waals surface area (Å²) in [6, 6.07) is 18.0. The fraction of sp³-hybridized carbons (Fsp3) is 0.0909. The number of amides is 2. The molecule has 8 nitrogen and oxygen atoms in total. The van der Waals surface area contributed by atoms with Gasteiger partial charge in [0.25, 0.3) is 11.6 Å². The lowest BCUT2D eigenvalue weighted by Gasteiger charge is -2.11. The maximum Gasteiger partial charge on any atom is 0.293 e. The van der Waals surface area contributed by atoms with Crippen LogP contribution in [0.4, 0.5) is 22.7 Å². The molecular weight excluding hydrogens is 420 g/mol. The number of carbonyl (C=O) groups excluding carboxylic acids is 2. The lowest BCUT2D eigenvalue weighted by molar-refractivity contribution is -0.384. The minimum atomic E-state index is -0.552. The van der Waals surface area contributed by atoms with Gasteiger partial charge in [0, 0.05) is 41.5 Å². The molecule has 0 unspecified atom stereocenters. The highest BCUT2D eigenvalue weighted by atomic mass is 35.5. The summed E-state index contributed by atoms with van der Waals surface area (Å²) in [7, 11) is 0. The molecule has 0 aliphatic carbocycles. The van der Waals surface area contributed by atoms with Crippen LogP contribution >= 0.6 is 11.6 Å². The molecule has 0 aliphatic rings.